The first-order valence-corrected chi connectivity index (χ1v) is 32.3. The smallest absolute Gasteiger partial charge is 0.456 e. The SMILES string of the molecule is CCCCC/C=C\C/C=C\C/C=C\C/C=C\CCCCCCCCCC(=O)NC(COP(=O)(O)OCC[N+](C)(C)C)C(/C=C\CCCCCCCCCCCC)OC(=O)CCCCC/C=C\CCCCCCCC. The normalized spacial score (nSPS) is 14.2. The number of nitrogens with one attached hydrogen (secondary N) is 1. The molecule has 3 atom stereocenters. The van der Waals surface area contributed by atoms with Crippen LogP contribution in [-0.2, 0) is 27.9 Å². The van der Waals surface area contributed by atoms with Crippen molar-refractivity contribution < 1.29 is 37.3 Å². The van der Waals surface area contributed by atoms with E-state index < -0.39 is 20.0 Å². The second kappa shape index (κ2) is 53.8. The summed E-state index contributed by atoms with van der Waals surface area (Å²) in [5.41, 5.74) is 0. The zero-order chi connectivity index (χ0) is 54.3. The molecule has 0 heterocycles. The van der Waals surface area contributed by atoms with Crippen molar-refractivity contribution in [3.63, 3.8) is 0 Å². The Morgan fingerprint density at radius 1 is 0.473 bits per heavy atom. The molecule has 9 nitrogen and oxygen atoms in total. The number of ether oxygens (including phenoxy) is 1. The van der Waals surface area contributed by atoms with Crippen molar-refractivity contribution in [2.45, 2.75) is 283 Å². The van der Waals surface area contributed by atoms with Crippen LogP contribution in [-0.4, -0.2) is 74.3 Å². The number of unbranched alkanes of at least 4 members (excludes halogenated alkanes) is 29. The van der Waals surface area contributed by atoms with Gasteiger partial charge < -0.3 is 19.4 Å². The Balaban J connectivity index is 5.24. The highest BCUT2D eigenvalue weighted by Crippen LogP contribution is 2.43. The van der Waals surface area contributed by atoms with Crippen molar-refractivity contribution in [3.8, 4) is 0 Å². The van der Waals surface area contributed by atoms with E-state index >= 15 is 0 Å². The molecule has 0 aromatic carbocycles. The summed E-state index contributed by atoms with van der Waals surface area (Å²) in [4.78, 5) is 37.6. The van der Waals surface area contributed by atoms with Gasteiger partial charge in [-0.3, -0.25) is 18.6 Å². The number of hydrogen-bond acceptors (Lipinski definition) is 6. The van der Waals surface area contributed by atoms with E-state index in [-0.39, 0.29) is 31.5 Å². The van der Waals surface area contributed by atoms with E-state index in [1.807, 2.05) is 33.3 Å². The van der Waals surface area contributed by atoms with Crippen molar-refractivity contribution in [2.75, 3.05) is 40.9 Å². The van der Waals surface area contributed by atoms with Gasteiger partial charge in [-0.05, 0) is 102 Å². The molecule has 0 aliphatic carbocycles. The molecule has 2 N–H and O–H groups in total. The Morgan fingerprint density at radius 2 is 0.824 bits per heavy atom. The van der Waals surface area contributed by atoms with Crippen LogP contribution >= 0.6 is 7.82 Å². The number of quaternary nitrogens is 1. The number of esters is 1. The maximum Gasteiger partial charge on any atom is 0.472 e. The second-order valence-corrected chi connectivity index (χ2v) is 23.3. The van der Waals surface area contributed by atoms with Crippen molar-refractivity contribution in [3.05, 3.63) is 72.9 Å². The molecular weight excluding hydrogens is 940 g/mol. The Kier molecular flexibility index (Phi) is 52.0. The van der Waals surface area contributed by atoms with E-state index in [0.717, 1.165) is 96.3 Å². The zero-order valence-electron chi connectivity index (χ0n) is 49.1. The highest BCUT2D eigenvalue weighted by Gasteiger charge is 2.30. The Labute approximate surface area is 457 Å². The van der Waals surface area contributed by atoms with Crippen LogP contribution in [0.4, 0.5) is 0 Å². The number of phosphoric acid groups is 1. The molecule has 0 bridgehead atoms. The lowest BCUT2D eigenvalue weighted by molar-refractivity contribution is -0.870. The Bertz CT molecular complexity index is 1500. The standard InChI is InChI=1S/C64H117N2O7P/c1-7-10-13-16-19-22-25-28-29-30-31-32-33-34-35-36-37-39-41-44-47-50-53-56-63(67)65-61(60-72-74(69,70)71-59-58-66(4,5)6)62(55-52-49-46-43-40-27-24-21-18-15-12-9-3)73-64(68)57-54-51-48-45-42-38-26-23-20-17-14-11-8-2/h19,22,28-29,31-32,34-35,38,42,52,55,61-62H,7-18,20-21,23-27,30,33,36-37,39-41,43-51,53-54,56-60H2,1-6H3,(H-,65,67,69,70)/p+1/b22-19-,29-28-,32-31-,35-34-,42-38-,55-52-. The first kappa shape index (κ1) is 71.5. The highest BCUT2D eigenvalue weighted by atomic mass is 31.2. The molecule has 1 amide bonds. The average molecular weight is 1060 g/mol. The van der Waals surface area contributed by atoms with E-state index in [1.54, 1.807) is 0 Å². The molecule has 0 saturated heterocycles. The van der Waals surface area contributed by atoms with Crippen LogP contribution in [0.3, 0.4) is 0 Å². The van der Waals surface area contributed by atoms with Crippen LogP contribution < -0.4 is 5.32 Å². The van der Waals surface area contributed by atoms with Crippen LogP contribution in [0.2, 0.25) is 0 Å². The van der Waals surface area contributed by atoms with E-state index in [4.69, 9.17) is 13.8 Å². The molecule has 3 unspecified atom stereocenters. The lowest BCUT2D eigenvalue weighted by Crippen LogP contribution is -2.47. The van der Waals surface area contributed by atoms with Gasteiger partial charge in [0.05, 0.1) is 33.8 Å². The van der Waals surface area contributed by atoms with E-state index in [9.17, 15) is 19.0 Å². The number of carbonyl (C=O) groups is 2. The van der Waals surface area contributed by atoms with Gasteiger partial charge in [0.1, 0.15) is 19.3 Å². The van der Waals surface area contributed by atoms with Crippen molar-refractivity contribution in [2.24, 2.45) is 0 Å². The molecule has 0 rings (SSSR count). The third-order valence-corrected chi connectivity index (χ3v) is 14.4. The van der Waals surface area contributed by atoms with Gasteiger partial charge >= 0.3 is 13.8 Å². The first-order valence-electron chi connectivity index (χ1n) is 30.8. The van der Waals surface area contributed by atoms with Gasteiger partial charge in [0, 0.05) is 12.8 Å². The van der Waals surface area contributed by atoms with Gasteiger partial charge in [-0.25, -0.2) is 4.57 Å². The fraction of sp³-hybridized carbons (Fsp3) is 0.781. The molecule has 10 heteroatoms. The van der Waals surface area contributed by atoms with Crippen LogP contribution in [0, 0.1) is 0 Å². The lowest BCUT2D eigenvalue weighted by Gasteiger charge is -2.27. The molecule has 430 valence electrons. The van der Waals surface area contributed by atoms with Crippen molar-refractivity contribution in [1.29, 1.82) is 0 Å². The van der Waals surface area contributed by atoms with Gasteiger partial charge in [-0.2, -0.15) is 0 Å². The summed E-state index contributed by atoms with van der Waals surface area (Å²) in [7, 11) is 1.48. The predicted octanol–water partition coefficient (Wildman–Crippen LogP) is 18.8. The Hall–Kier alpha value is -2.55. The van der Waals surface area contributed by atoms with Crippen LogP contribution in [0.1, 0.15) is 271 Å². The molecule has 0 aromatic rings. The summed E-state index contributed by atoms with van der Waals surface area (Å²) in [6.45, 7) is 6.96. The molecule has 0 aromatic heterocycles. The minimum atomic E-state index is -4.45. The first-order chi connectivity index (χ1) is 35.9. The van der Waals surface area contributed by atoms with Crippen LogP contribution in [0.5, 0.6) is 0 Å². The van der Waals surface area contributed by atoms with Gasteiger partial charge in [0.25, 0.3) is 0 Å². The van der Waals surface area contributed by atoms with Gasteiger partial charge in [0.2, 0.25) is 5.91 Å². The molecule has 0 radical (unpaired) electrons. The maximum atomic E-state index is 13.5. The number of allylic oxidation sites excluding steroid dienone is 11. The monoisotopic (exact) mass is 1060 g/mol. The second-order valence-electron chi connectivity index (χ2n) is 21.9. The number of rotatable bonds is 55. The van der Waals surface area contributed by atoms with Gasteiger partial charge in [-0.15, -0.1) is 0 Å². The lowest BCUT2D eigenvalue weighted by atomic mass is 10.0. The molecule has 0 spiro atoms. The molecule has 0 aliphatic rings. The third-order valence-electron chi connectivity index (χ3n) is 13.4. The van der Waals surface area contributed by atoms with Crippen molar-refractivity contribution in [1.82, 2.24) is 5.32 Å². The number of likely N-dealkylation sites (N-methyl/N-ethyl adjacent to an activating group) is 1. The largest absolute Gasteiger partial charge is 0.472 e. The van der Waals surface area contributed by atoms with E-state index in [1.165, 1.54) is 135 Å². The van der Waals surface area contributed by atoms with Crippen LogP contribution in [0.25, 0.3) is 0 Å². The predicted molar refractivity (Wildman–Crippen MR) is 318 cm³/mol. The summed E-state index contributed by atoms with van der Waals surface area (Å²) >= 11 is 0. The summed E-state index contributed by atoms with van der Waals surface area (Å²) in [5.74, 6) is -0.535. The molecule has 0 aliphatic heterocycles. The minimum Gasteiger partial charge on any atom is -0.456 e. The third kappa shape index (κ3) is 54.2. The molecule has 74 heavy (non-hydrogen) atoms. The fourth-order valence-corrected chi connectivity index (χ4v) is 9.30. The summed E-state index contributed by atoms with van der Waals surface area (Å²) in [6, 6.07) is -0.862. The number of phosphoric ester groups is 1. The average Bonchev–Trinajstić information content (AvgIpc) is 3.36. The summed E-state index contributed by atoms with van der Waals surface area (Å²) < 4.78 is 30.6. The van der Waals surface area contributed by atoms with E-state index in [2.05, 4.69) is 86.8 Å². The topological polar surface area (TPSA) is 111 Å². The van der Waals surface area contributed by atoms with Gasteiger partial charge in [0.15, 0.2) is 0 Å². The number of nitrogens with zero attached hydrogens (tertiary/aromatic N) is 1. The summed E-state index contributed by atoms with van der Waals surface area (Å²) in [6.07, 6.45) is 68.9. The Morgan fingerprint density at radius 3 is 1.28 bits per heavy atom. The highest BCUT2D eigenvalue weighted by molar-refractivity contribution is 7.47. The molecular formula is C64H118N2O7P+. The van der Waals surface area contributed by atoms with Crippen LogP contribution in [0.15, 0.2) is 72.9 Å². The molecule has 0 saturated carbocycles. The number of hydrogen-bond donors (Lipinski definition) is 2. The van der Waals surface area contributed by atoms with E-state index in [0.29, 0.717) is 23.9 Å². The zero-order valence-corrected chi connectivity index (χ0v) is 50.0. The maximum absolute atomic E-state index is 13.5. The number of amides is 1. The fourth-order valence-electron chi connectivity index (χ4n) is 8.56. The quantitative estimate of drug-likeness (QED) is 0.0205. The number of carbonyl (C=O) groups excluding carboxylic acids is 2. The minimum absolute atomic E-state index is 0.0335. The van der Waals surface area contributed by atoms with Crippen molar-refractivity contribution >= 4 is 19.7 Å². The van der Waals surface area contributed by atoms with Gasteiger partial charge in [-0.1, -0.05) is 229 Å². The summed E-state index contributed by atoms with van der Waals surface area (Å²) in [5, 5.41) is 3.04. The molecule has 0 fully saturated rings.